The van der Waals surface area contributed by atoms with Crippen molar-refractivity contribution in [2.24, 2.45) is 0 Å². The first kappa shape index (κ1) is 10.8. The minimum Gasteiger partial charge on any atom is -0.618 e. The van der Waals surface area contributed by atoms with Crippen molar-refractivity contribution in [3.63, 3.8) is 0 Å². The molecule has 0 spiro atoms. The molecule has 0 aliphatic carbocycles. The van der Waals surface area contributed by atoms with Crippen LogP contribution < -0.4 is 9.47 Å². The third-order valence-electron chi connectivity index (χ3n) is 2.18. The summed E-state index contributed by atoms with van der Waals surface area (Å²) in [5, 5.41) is 20.5. The second-order valence-electron chi connectivity index (χ2n) is 3.15. The smallest absolute Gasteiger partial charge is 0.262 e. The largest absolute Gasteiger partial charge is 0.618 e. The van der Waals surface area contributed by atoms with E-state index in [0.29, 0.717) is 16.2 Å². The normalized spacial score (nSPS) is 9.65. The van der Waals surface area contributed by atoms with E-state index in [1.165, 1.54) is 25.7 Å². The molecule has 0 saturated heterocycles. The molecule has 0 aliphatic heterocycles. The zero-order chi connectivity index (χ0) is 12.3. The molecule has 0 N–H and O–H groups in total. The molecule has 2 aromatic rings. The Balaban J connectivity index is 2.56. The summed E-state index contributed by atoms with van der Waals surface area (Å²) in [4.78, 5) is 7.81. The van der Waals surface area contributed by atoms with Gasteiger partial charge in [-0.1, -0.05) is 0 Å². The predicted molar refractivity (Wildman–Crippen MR) is 57.7 cm³/mol. The summed E-state index contributed by atoms with van der Waals surface area (Å²) in [5.41, 5.74) is 0.769. The van der Waals surface area contributed by atoms with E-state index in [1.807, 2.05) is 6.07 Å². The van der Waals surface area contributed by atoms with Gasteiger partial charge in [-0.25, -0.2) is 9.97 Å². The summed E-state index contributed by atoms with van der Waals surface area (Å²) in [6.45, 7) is 0. The molecule has 2 aromatic heterocycles. The molecule has 0 amide bonds. The van der Waals surface area contributed by atoms with Crippen LogP contribution in [0.1, 0.15) is 5.69 Å². The van der Waals surface area contributed by atoms with E-state index < -0.39 is 0 Å². The average molecular weight is 228 g/mol. The molecule has 84 valence electrons. The zero-order valence-electron chi connectivity index (χ0n) is 8.99. The van der Waals surface area contributed by atoms with Crippen molar-refractivity contribution in [2.45, 2.75) is 0 Å². The molecule has 0 saturated carbocycles. The van der Waals surface area contributed by atoms with Crippen molar-refractivity contribution in [2.75, 3.05) is 7.11 Å². The number of aromatic nitrogens is 3. The van der Waals surface area contributed by atoms with Crippen molar-refractivity contribution in [1.29, 1.82) is 5.26 Å². The molecule has 0 aliphatic rings. The molecule has 0 radical (unpaired) electrons. The second kappa shape index (κ2) is 4.45. The van der Waals surface area contributed by atoms with E-state index in [1.54, 1.807) is 12.1 Å². The van der Waals surface area contributed by atoms with Crippen molar-refractivity contribution in [3.05, 3.63) is 41.6 Å². The maximum absolute atomic E-state index is 11.6. The number of rotatable bonds is 2. The topological polar surface area (TPSA) is 85.7 Å². The SMILES string of the molecule is COc1ccc(-c2c(C#N)ncc[n+]2[O-])cn1. The number of nitriles is 1. The van der Waals surface area contributed by atoms with Gasteiger partial charge in [-0.15, -0.1) is 0 Å². The maximum atomic E-state index is 11.6. The summed E-state index contributed by atoms with van der Waals surface area (Å²) in [6.07, 6.45) is 3.98. The lowest BCUT2D eigenvalue weighted by Crippen LogP contribution is -2.30. The third kappa shape index (κ3) is 1.99. The van der Waals surface area contributed by atoms with Gasteiger partial charge in [0.2, 0.25) is 11.6 Å². The van der Waals surface area contributed by atoms with Gasteiger partial charge in [0, 0.05) is 12.3 Å². The molecule has 0 atom stereocenters. The van der Waals surface area contributed by atoms with E-state index in [0.717, 1.165) is 0 Å². The molecule has 0 fully saturated rings. The van der Waals surface area contributed by atoms with E-state index >= 15 is 0 Å². The molecule has 0 bridgehead atoms. The Bertz CT molecular complexity index is 575. The molecular weight excluding hydrogens is 220 g/mol. The molecule has 6 heteroatoms. The Morgan fingerprint density at radius 2 is 2.24 bits per heavy atom. The first-order chi connectivity index (χ1) is 8.26. The molecule has 17 heavy (non-hydrogen) atoms. The maximum Gasteiger partial charge on any atom is 0.262 e. The van der Waals surface area contributed by atoms with Gasteiger partial charge in [-0.2, -0.15) is 9.99 Å². The fraction of sp³-hybridized carbons (Fsp3) is 0.0909. The lowest BCUT2D eigenvalue weighted by atomic mass is 10.1. The first-order valence-electron chi connectivity index (χ1n) is 4.75. The summed E-state index contributed by atoms with van der Waals surface area (Å²) in [7, 11) is 1.50. The second-order valence-corrected chi connectivity index (χ2v) is 3.15. The first-order valence-corrected chi connectivity index (χ1v) is 4.75. The summed E-state index contributed by atoms with van der Waals surface area (Å²) in [5.74, 6) is 0.439. The number of hydrogen-bond acceptors (Lipinski definition) is 5. The summed E-state index contributed by atoms with van der Waals surface area (Å²) in [6, 6.07) is 5.14. The quantitative estimate of drug-likeness (QED) is 0.556. The van der Waals surface area contributed by atoms with Crippen LogP contribution in [0.4, 0.5) is 0 Å². The van der Waals surface area contributed by atoms with Gasteiger partial charge in [0.1, 0.15) is 6.07 Å². The Hall–Kier alpha value is -2.68. The Kier molecular flexibility index (Phi) is 2.83. The molecule has 2 heterocycles. The van der Waals surface area contributed by atoms with E-state index in [4.69, 9.17) is 10.00 Å². The van der Waals surface area contributed by atoms with Crippen molar-refractivity contribution in [3.8, 4) is 23.2 Å². The van der Waals surface area contributed by atoms with Crippen LogP contribution in [0.5, 0.6) is 5.88 Å². The summed E-state index contributed by atoms with van der Waals surface area (Å²) < 4.78 is 5.51. The minimum atomic E-state index is 0.0643. The van der Waals surface area contributed by atoms with Crippen LogP contribution in [0, 0.1) is 16.5 Å². The number of methoxy groups -OCH3 is 1. The van der Waals surface area contributed by atoms with Gasteiger partial charge in [0.15, 0.2) is 6.20 Å². The fourth-order valence-electron chi connectivity index (χ4n) is 1.40. The van der Waals surface area contributed by atoms with Crippen LogP contribution in [-0.4, -0.2) is 17.1 Å². The zero-order valence-corrected chi connectivity index (χ0v) is 8.99. The Morgan fingerprint density at radius 1 is 1.41 bits per heavy atom. The predicted octanol–water partition coefficient (Wildman–Crippen LogP) is 0.657. The van der Waals surface area contributed by atoms with Crippen LogP contribution >= 0.6 is 0 Å². The summed E-state index contributed by atoms with van der Waals surface area (Å²) >= 11 is 0. The number of ether oxygens (including phenoxy) is 1. The molecule has 2 rings (SSSR count). The van der Waals surface area contributed by atoms with Crippen LogP contribution in [0.15, 0.2) is 30.7 Å². The highest BCUT2D eigenvalue weighted by Gasteiger charge is 2.16. The monoisotopic (exact) mass is 228 g/mol. The van der Waals surface area contributed by atoms with E-state index in [9.17, 15) is 5.21 Å². The van der Waals surface area contributed by atoms with Gasteiger partial charge in [0.25, 0.3) is 5.69 Å². The number of hydrogen-bond donors (Lipinski definition) is 0. The van der Waals surface area contributed by atoms with Crippen molar-refractivity contribution in [1.82, 2.24) is 9.97 Å². The third-order valence-corrected chi connectivity index (χ3v) is 2.18. The van der Waals surface area contributed by atoms with Crippen LogP contribution in [0.3, 0.4) is 0 Å². The van der Waals surface area contributed by atoms with E-state index in [-0.39, 0.29) is 11.4 Å². The van der Waals surface area contributed by atoms with Gasteiger partial charge in [0.05, 0.1) is 18.9 Å². The average Bonchev–Trinajstić information content (AvgIpc) is 2.38. The standard InChI is InChI=1S/C11H8N4O2/c1-17-10-3-2-8(7-14-10)11-9(6-12)13-4-5-15(11)16/h2-5,7H,1H3. The highest BCUT2D eigenvalue weighted by Crippen LogP contribution is 2.18. The lowest BCUT2D eigenvalue weighted by Gasteiger charge is -2.05. The van der Waals surface area contributed by atoms with Crippen LogP contribution in [0.25, 0.3) is 11.3 Å². The van der Waals surface area contributed by atoms with Crippen molar-refractivity contribution >= 4 is 0 Å². The van der Waals surface area contributed by atoms with Gasteiger partial charge < -0.3 is 9.94 Å². The highest BCUT2D eigenvalue weighted by molar-refractivity contribution is 5.60. The lowest BCUT2D eigenvalue weighted by molar-refractivity contribution is -0.594. The molecule has 0 aromatic carbocycles. The Morgan fingerprint density at radius 3 is 2.82 bits per heavy atom. The van der Waals surface area contributed by atoms with Crippen molar-refractivity contribution < 1.29 is 9.47 Å². The van der Waals surface area contributed by atoms with Gasteiger partial charge >= 0.3 is 0 Å². The fourth-order valence-corrected chi connectivity index (χ4v) is 1.40. The number of nitrogens with zero attached hydrogens (tertiary/aromatic N) is 4. The molecule has 0 unspecified atom stereocenters. The van der Waals surface area contributed by atoms with Gasteiger partial charge in [-0.05, 0) is 6.07 Å². The van der Waals surface area contributed by atoms with Gasteiger partial charge in [-0.3, -0.25) is 0 Å². The molecular formula is C11H8N4O2. The molecule has 6 nitrogen and oxygen atoms in total. The Labute approximate surface area is 97.3 Å². The minimum absolute atomic E-state index is 0.0643. The van der Waals surface area contributed by atoms with Crippen LogP contribution in [0.2, 0.25) is 0 Å². The number of pyridine rings is 1. The van der Waals surface area contributed by atoms with E-state index in [2.05, 4.69) is 9.97 Å². The van der Waals surface area contributed by atoms with Crippen LogP contribution in [-0.2, 0) is 0 Å². The highest BCUT2D eigenvalue weighted by atomic mass is 16.5.